The molecule has 48 valence electrons. The summed E-state index contributed by atoms with van der Waals surface area (Å²) in [4.78, 5) is 8.56. The normalized spacial score (nSPS) is 6.38. The third-order valence-corrected chi connectivity index (χ3v) is 0. The number of hydrogen-bond donors (Lipinski definition) is 2. The van der Waals surface area contributed by atoms with Crippen LogP contribution < -0.4 is 0 Å². The van der Waals surface area contributed by atoms with Crippen LogP contribution in [0.4, 0.5) is 4.79 Å². The molecule has 0 unspecified atom stereocenters. The van der Waals surface area contributed by atoms with Gasteiger partial charge in [0.1, 0.15) is 0 Å². The molecular formula is CH2AlCl3O3. The highest BCUT2D eigenvalue weighted by Gasteiger charge is 2.00. The maximum Gasteiger partial charge on any atom is 0.643 e. The molecule has 0 fully saturated rings. The highest BCUT2D eigenvalue weighted by Crippen LogP contribution is 1.97. The van der Waals surface area contributed by atoms with E-state index in [0.717, 1.165) is 0 Å². The standard InChI is InChI=1S/CH2O3.Al.3ClH/c2-1(3)4;;;;/h(H2,2,3,4);;3*1H/q;+3;;;/p-3. The van der Waals surface area contributed by atoms with Gasteiger partial charge in [-0.2, -0.15) is 0 Å². The SMILES string of the molecule is O=C(O)O.[Cl][Al]([Cl])[Cl]. The number of carbonyl (C=O) groups is 1. The van der Waals surface area contributed by atoms with Crippen molar-refractivity contribution in [2.45, 2.75) is 0 Å². The van der Waals surface area contributed by atoms with Crippen molar-refractivity contribution in [2.24, 2.45) is 0 Å². The molecular weight excluding hydrogens is 193 g/mol. The summed E-state index contributed by atoms with van der Waals surface area (Å²) < 4.78 is 0. The predicted molar refractivity (Wildman–Crippen MR) is 34.0 cm³/mol. The molecule has 0 atom stereocenters. The van der Waals surface area contributed by atoms with Crippen molar-refractivity contribution in [1.82, 2.24) is 0 Å². The lowest BCUT2D eigenvalue weighted by atomic mass is 11.5. The average Bonchev–Trinajstić information content (AvgIpc) is 1.25. The Kier molecular flexibility index (Phi) is 11.0. The molecule has 0 heterocycles. The molecule has 0 saturated heterocycles. The van der Waals surface area contributed by atoms with Crippen molar-refractivity contribution in [3.8, 4) is 0 Å². The molecule has 8 heavy (non-hydrogen) atoms. The lowest BCUT2D eigenvalue weighted by Gasteiger charge is -1.60. The van der Waals surface area contributed by atoms with Crippen LogP contribution in [-0.2, 0) is 0 Å². The van der Waals surface area contributed by atoms with Crippen molar-refractivity contribution in [1.29, 1.82) is 0 Å². The summed E-state index contributed by atoms with van der Waals surface area (Å²) in [5.74, 6) is 0. The molecule has 0 spiro atoms. The van der Waals surface area contributed by atoms with E-state index in [4.69, 9.17) is 45.2 Å². The first-order valence-corrected chi connectivity index (χ1v) is 6.54. The fourth-order valence-electron chi connectivity index (χ4n) is 0. The van der Waals surface area contributed by atoms with Crippen LogP contribution in [0.2, 0.25) is 0 Å². The van der Waals surface area contributed by atoms with E-state index in [0.29, 0.717) is 0 Å². The Hall–Kier alpha value is 0.672. The molecule has 0 aliphatic rings. The average molecular weight is 195 g/mol. The van der Waals surface area contributed by atoms with Crippen molar-refractivity contribution in [3.63, 3.8) is 0 Å². The molecule has 3 nitrogen and oxygen atoms in total. The van der Waals surface area contributed by atoms with E-state index in [-0.39, 0.29) is 0 Å². The highest BCUT2D eigenvalue weighted by atomic mass is 35.8. The number of hydrogen-bond acceptors (Lipinski definition) is 1. The molecule has 0 saturated carbocycles. The van der Waals surface area contributed by atoms with E-state index in [1.54, 1.807) is 0 Å². The van der Waals surface area contributed by atoms with Gasteiger partial charge in [0.25, 0.3) is 0 Å². The third-order valence-electron chi connectivity index (χ3n) is 0. The van der Waals surface area contributed by atoms with Gasteiger partial charge in [0.05, 0.1) is 0 Å². The lowest BCUT2D eigenvalue weighted by Crippen LogP contribution is -1.81. The first kappa shape index (κ1) is 11.5. The quantitative estimate of drug-likeness (QED) is 0.581. The van der Waals surface area contributed by atoms with Crippen LogP contribution >= 0.6 is 30.1 Å². The zero-order valence-electron chi connectivity index (χ0n) is 3.51. The smallest absolute Gasteiger partial charge is 0.450 e. The van der Waals surface area contributed by atoms with Crippen LogP contribution in [-0.4, -0.2) is 27.8 Å². The van der Waals surface area contributed by atoms with Gasteiger partial charge in [-0.05, 0) is 0 Å². The molecule has 0 aliphatic carbocycles. The van der Waals surface area contributed by atoms with Crippen LogP contribution in [0.1, 0.15) is 0 Å². The van der Waals surface area contributed by atoms with Gasteiger partial charge in [0.15, 0.2) is 0 Å². The van der Waals surface area contributed by atoms with E-state index in [1.807, 2.05) is 0 Å². The molecule has 2 N–H and O–H groups in total. The van der Waals surface area contributed by atoms with Gasteiger partial charge < -0.3 is 10.2 Å². The summed E-state index contributed by atoms with van der Waals surface area (Å²) >= 11 is -1.72. The molecule has 0 bridgehead atoms. The summed E-state index contributed by atoms with van der Waals surface area (Å²) in [7, 11) is 14.8. The molecule has 0 aromatic heterocycles. The number of rotatable bonds is 0. The first-order chi connectivity index (χ1) is 3.46. The summed E-state index contributed by atoms with van der Waals surface area (Å²) in [5, 5.41) is 13.9. The Morgan fingerprint density at radius 3 is 1.25 bits per heavy atom. The fraction of sp³-hybridized carbons (Fsp3) is 0. The van der Waals surface area contributed by atoms with E-state index in [1.165, 1.54) is 0 Å². The van der Waals surface area contributed by atoms with E-state index in [9.17, 15) is 0 Å². The highest BCUT2D eigenvalue weighted by molar-refractivity contribution is 7.54. The predicted octanol–water partition coefficient (Wildman–Crippen LogP) is 1.91. The minimum atomic E-state index is -1.83. The summed E-state index contributed by atoms with van der Waals surface area (Å²) in [6.45, 7) is 0. The zero-order valence-corrected chi connectivity index (χ0v) is 6.94. The van der Waals surface area contributed by atoms with E-state index >= 15 is 0 Å². The molecule has 0 radical (unpaired) electrons. The maximum absolute atomic E-state index is 8.56. The van der Waals surface area contributed by atoms with Crippen LogP contribution in [0.15, 0.2) is 0 Å². The Morgan fingerprint density at radius 1 is 1.25 bits per heavy atom. The zero-order chi connectivity index (χ0) is 7.15. The minimum absolute atomic E-state index is 1.72. The van der Waals surface area contributed by atoms with Gasteiger partial charge in [0.2, 0.25) is 0 Å². The van der Waals surface area contributed by atoms with Gasteiger partial charge in [0, 0.05) is 0 Å². The van der Waals surface area contributed by atoms with E-state index < -0.39 is 17.5 Å². The summed E-state index contributed by atoms with van der Waals surface area (Å²) in [5.41, 5.74) is 0. The second-order valence-electron chi connectivity index (χ2n) is 0.530. The second kappa shape index (κ2) is 7.67. The Morgan fingerprint density at radius 2 is 1.25 bits per heavy atom. The lowest BCUT2D eigenvalue weighted by molar-refractivity contribution is 0.137. The largest absolute Gasteiger partial charge is 0.643 e. The first-order valence-electron chi connectivity index (χ1n) is 1.31. The van der Waals surface area contributed by atoms with E-state index in [2.05, 4.69) is 0 Å². The maximum atomic E-state index is 8.56. The molecule has 0 aromatic carbocycles. The van der Waals surface area contributed by atoms with Crippen LogP contribution in [0.3, 0.4) is 0 Å². The van der Waals surface area contributed by atoms with Crippen molar-refractivity contribution < 1.29 is 15.0 Å². The molecule has 0 aromatic rings. The second-order valence-corrected chi connectivity index (χ2v) is 6.96. The molecule has 0 aliphatic heterocycles. The van der Waals surface area contributed by atoms with Crippen molar-refractivity contribution >= 4 is 47.7 Å². The Labute approximate surface area is 62.8 Å². The van der Waals surface area contributed by atoms with Crippen molar-refractivity contribution in [2.75, 3.05) is 0 Å². The molecule has 7 heteroatoms. The summed E-state index contributed by atoms with van der Waals surface area (Å²) in [6.07, 6.45) is -1.83. The number of halogens is 3. The van der Waals surface area contributed by atoms with Gasteiger partial charge in [-0.15, -0.1) is 0 Å². The molecule has 0 amide bonds. The van der Waals surface area contributed by atoms with Gasteiger partial charge >= 0.3 is 17.5 Å². The van der Waals surface area contributed by atoms with Crippen LogP contribution in [0.25, 0.3) is 0 Å². The van der Waals surface area contributed by atoms with Gasteiger partial charge in [-0.3, -0.25) is 0 Å². The number of carboxylic acid groups (broad SMARTS) is 2. The summed E-state index contributed by atoms with van der Waals surface area (Å²) in [6, 6.07) is 0. The van der Waals surface area contributed by atoms with Gasteiger partial charge in [-0.25, -0.2) is 34.9 Å². The van der Waals surface area contributed by atoms with Gasteiger partial charge in [-0.1, -0.05) is 0 Å². The van der Waals surface area contributed by atoms with Crippen molar-refractivity contribution in [3.05, 3.63) is 0 Å². The monoisotopic (exact) mass is 194 g/mol. The van der Waals surface area contributed by atoms with Crippen LogP contribution in [0, 0.1) is 0 Å². The Balaban J connectivity index is 0. The fourth-order valence-corrected chi connectivity index (χ4v) is 0. The topological polar surface area (TPSA) is 57.5 Å². The van der Waals surface area contributed by atoms with Crippen LogP contribution in [0.5, 0.6) is 0 Å². The molecule has 0 rings (SSSR count). The minimum Gasteiger partial charge on any atom is -0.450 e. The Bertz CT molecular complexity index is 58.8. The third kappa shape index (κ3) is 475.